The third kappa shape index (κ3) is 4.00. The van der Waals surface area contributed by atoms with Crippen molar-refractivity contribution < 1.29 is 13.2 Å². The normalized spacial score (nSPS) is 11.2. The van der Waals surface area contributed by atoms with Crippen LogP contribution in [0.3, 0.4) is 0 Å². The Labute approximate surface area is 106 Å². The van der Waals surface area contributed by atoms with Gasteiger partial charge in [0.15, 0.2) is 5.82 Å². The molecule has 0 atom stereocenters. The number of hydrogen-bond donors (Lipinski definition) is 3. The Kier molecular flexibility index (Phi) is 5.10. The van der Waals surface area contributed by atoms with Crippen LogP contribution < -0.4 is 20.5 Å². The van der Waals surface area contributed by atoms with Crippen molar-refractivity contribution in [1.29, 1.82) is 0 Å². The van der Waals surface area contributed by atoms with E-state index in [-0.39, 0.29) is 23.9 Å². The Morgan fingerprint density at radius 1 is 1.44 bits per heavy atom. The average molecular weight is 275 g/mol. The highest BCUT2D eigenvalue weighted by atomic mass is 32.2. The van der Waals surface area contributed by atoms with Crippen LogP contribution in [0.25, 0.3) is 0 Å². The zero-order valence-corrected chi connectivity index (χ0v) is 11.1. The fourth-order valence-electron chi connectivity index (χ4n) is 1.18. The topological polar surface area (TPSA) is 119 Å². The van der Waals surface area contributed by atoms with Gasteiger partial charge in [0.05, 0.1) is 12.4 Å². The number of nitrogen functional groups attached to an aromatic ring is 1. The number of nitrogens with zero attached hydrogens (tertiary/aromatic N) is 2. The molecule has 0 aliphatic rings. The Balaban J connectivity index is 2.65. The van der Waals surface area contributed by atoms with E-state index in [9.17, 15) is 8.42 Å². The maximum absolute atomic E-state index is 11.2. The predicted octanol–water partition coefficient (Wildman–Crippen LogP) is -0.581. The van der Waals surface area contributed by atoms with Gasteiger partial charge in [0, 0.05) is 6.54 Å². The number of nitrogens with two attached hydrogens (primary N) is 1. The molecule has 1 aromatic rings. The molecule has 1 aromatic heterocycles. The predicted molar refractivity (Wildman–Crippen MR) is 68.9 cm³/mol. The summed E-state index contributed by atoms with van der Waals surface area (Å²) in [4.78, 5) is 7.80. The Morgan fingerprint density at radius 3 is 2.78 bits per heavy atom. The molecule has 0 aliphatic carbocycles. The molecule has 0 bridgehead atoms. The van der Waals surface area contributed by atoms with E-state index in [1.54, 1.807) is 0 Å². The van der Waals surface area contributed by atoms with Crippen LogP contribution in [-0.4, -0.2) is 44.3 Å². The zero-order chi connectivity index (χ0) is 13.6. The van der Waals surface area contributed by atoms with E-state index in [0.29, 0.717) is 12.4 Å². The Hall–Kier alpha value is -1.61. The minimum atomic E-state index is -3.25. The van der Waals surface area contributed by atoms with E-state index in [0.717, 1.165) is 0 Å². The summed E-state index contributed by atoms with van der Waals surface area (Å²) >= 11 is 0. The number of sulfonamides is 1. The summed E-state index contributed by atoms with van der Waals surface area (Å²) in [5.41, 5.74) is 6.04. The van der Waals surface area contributed by atoms with Gasteiger partial charge in [-0.25, -0.2) is 18.1 Å². The van der Waals surface area contributed by atoms with Crippen molar-refractivity contribution >= 4 is 21.5 Å². The van der Waals surface area contributed by atoms with Gasteiger partial charge in [0.2, 0.25) is 15.9 Å². The van der Waals surface area contributed by atoms with Crippen LogP contribution in [0.1, 0.15) is 6.92 Å². The maximum atomic E-state index is 11.2. The number of nitrogens with one attached hydrogen (secondary N) is 2. The summed E-state index contributed by atoms with van der Waals surface area (Å²) in [6, 6.07) is 0. The van der Waals surface area contributed by atoms with Gasteiger partial charge >= 0.3 is 0 Å². The van der Waals surface area contributed by atoms with Crippen molar-refractivity contribution in [2.24, 2.45) is 0 Å². The fraction of sp³-hybridized carbons (Fsp3) is 0.556. The SMILES string of the molecule is CCOc1ncnc(NCCS(=O)(=O)NC)c1N. The molecule has 18 heavy (non-hydrogen) atoms. The summed E-state index contributed by atoms with van der Waals surface area (Å²) in [5.74, 6) is 0.572. The molecule has 1 heterocycles. The molecule has 0 saturated carbocycles. The molecule has 0 radical (unpaired) electrons. The van der Waals surface area contributed by atoms with Gasteiger partial charge < -0.3 is 15.8 Å². The largest absolute Gasteiger partial charge is 0.476 e. The zero-order valence-electron chi connectivity index (χ0n) is 10.3. The Morgan fingerprint density at radius 2 is 2.17 bits per heavy atom. The van der Waals surface area contributed by atoms with Crippen LogP contribution in [-0.2, 0) is 10.0 Å². The van der Waals surface area contributed by atoms with Crippen LogP contribution in [0.4, 0.5) is 11.5 Å². The molecule has 8 nitrogen and oxygen atoms in total. The minimum absolute atomic E-state index is 0.0725. The van der Waals surface area contributed by atoms with E-state index >= 15 is 0 Å². The van der Waals surface area contributed by atoms with Crippen LogP contribution in [0.15, 0.2) is 6.33 Å². The van der Waals surface area contributed by atoms with Crippen LogP contribution in [0.5, 0.6) is 5.88 Å². The van der Waals surface area contributed by atoms with Crippen molar-refractivity contribution in [3.63, 3.8) is 0 Å². The average Bonchev–Trinajstić information content (AvgIpc) is 2.34. The van der Waals surface area contributed by atoms with E-state index in [1.165, 1.54) is 13.4 Å². The first kappa shape index (κ1) is 14.5. The number of ether oxygens (including phenoxy) is 1. The van der Waals surface area contributed by atoms with Gasteiger partial charge in [-0.05, 0) is 14.0 Å². The van der Waals surface area contributed by atoms with Gasteiger partial charge in [-0.3, -0.25) is 0 Å². The number of rotatable bonds is 7. The smallest absolute Gasteiger partial charge is 0.242 e. The second-order valence-electron chi connectivity index (χ2n) is 3.32. The van der Waals surface area contributed by atoms with Crippen molar-refractivity contribution in [2.75, 3.05) is 37.0 Å². The first-order valence-electron chi connectivity index (χ1n) is 5.38. The van der Waals surface area contributed by atoms with Gasteiger partial charge in [0.1, 0.15) is 12.0 Å². The van der Waals surface area contributed by atoms with E-state index in [4.69, 9.17) is 10.5 Å². The molecule has 0 amide bonds. The van der Waals surface area contributed by atoms with Crippen LogP contribution >= 0.6 is 0 Å². The van der Waals surface area contributed by atoms with Gasteiger partial charge in [0.25, 0.3) is 0 Å². The molecule has 0 saturated heterocycles. The molecule has 0 spiro atoms. The van der Waals surface area contributed by atoms with E-state index in [2.05, 4.69) is 20.0 Å². The maximum Gasteiger partial charge on any atom is 0.242 e. The lowest BCUT2D eigenvalue weighted by molar-refractivity contribution is 0.328. The summed E-state index contributed by atoms with van der Waals surface area (Å²) in [6.45, 7) is 2.44. The summed E-state index contributed by atoms with van der Waals surface area (Å²) < 4.78 is 29.8. The second kappa shape index (κ2) is 6.36. The molecule has 4 N–H and O–H groups in total. The second-order valence-corrected chi connectivity index (χ2v) is 5.37. The van der Waals surface area contributed by atoms with Crippen molar-refractivity contribution in [2.45, 2.75) is 6.92 Å². The first-order chi connectivity index (χ1) is 8.50. The molecule has 0 fully saturated rings. The van der Waals surface area contributed by atoms with Crippen molar-refractivity contribution in [1.82, 2.24) is 14.7 Å². The monoisotopic (exact) mass is 275 g/mol. The van der Waals surface area contributed by atoms with E-state index < -0.39 is 10.0 Å². The standard InChI is InChI=1S/C9H17N5O3S/c1-3-17-9-7(10)8(13-6-14-9)12-4-5-18(15,16)11-2/h6,11H,3-5,10H2,1-2H3,(H,12,13,14). The first-order valence-corrected chi connectivity index (χ1v) is 7.03. The number of aromatic nitrogens is 2. The minimum Gasteiger partial charge on any atom is -0.476 e. The highest BCUT2D eigenvalue weighted by Crippen LogP contribution is 2.23. The van der Waals surface area contributed by atoms with Crippen LogP contribution in [0, 0.1) is 0 Å². The van der Waals surface area contributed by atoms with Crippen molar-refractivity contribution in [3.05, 3.63) is 6.33 Å². The lowest BCUT2D eigenvalue weighted by Crippen LogP contribution is -2.26. The summed E-state index contributed by atoms with van der Waals surface area (Å²) in [5, 5.41) is 2.83. The number of anilines is 2. The highest BCUT2D eigenvalue weighted by molar-refractivity contribution is 7.89. The summed E-state index contributed by atoms with van der Waals surface area (Å²) in [6.07, 6.45) is 1.30. The quantitative estimate of drug-likeness (QED) is 0.609. The number of hydrogen-bond acceptors (Lipinski definition) is 7. The highest BCUT2D eigenvalue weighted by Gasteiger charge is 2.10. The molecule has 1 rings (SSSR count). The third-order valence-electron chi connectivity index (χ3n) is 2.10. The molecular weight excluding hydrogens is 258 g/mol. The van der Waals surface area contributed by atoms with Gasteiger partial charge in [-0.1, -0.05) is 0 Å². The Bertz CT molecular complexity index is 491. The van der Waals surface area contributed by atoms with Crippen molar-refractivity contribution in [3.8, 4) is 5.88 Å². The molecule has 0 aliphatic heterocycles. The van der Waals surface area contributed by atoms with Gasteiger partial charge in [-0.15, -0.1) is 0 Å². The molecular formula is C9H17N5O3S. The molecule has 0 aromatic carbocycles. The molecule has 102 valence electrons. The lowest BCUT2D eigenvalue weighted by Gasteiger charge is -2.10. The van der Waals surface area contributed by atoms with E-state index in [1.807, 2.05) is 6.92 Å². The lowest BCUT2D eigenvalue weighted by atomic mass is 10.4. The molecule has 9 heteroatoms. The molecule has 0 unspecified atom stereocenters. The third-order valence-corrected chi connectivity index (χ3v) is 3.47. The fourth-order valence-corrected chi connectivity index (χ4v) is 1.75. The van der Waals surface area contributed by atoms with Crippen LogP contribution in [0.2, 0.25) is 0 Å². The van der Waals surface area contributed by atoms with Gasteiger partial charge in [-0.2, -0.15) is 4.98 Å². The summed E-state index contributed by atoms with van der Waals surface area (Å²) in [7, 11) is -1.89.